The van der Waals surface area contributed by atoms with Crippen LogP contribution in [-0.4, -0.2) is 11.5 Å². The molecule has 0 N–H and O–H groups in total. The normalized spacial score (nSPS) is 12.9. The molecule has 0 aromatic carbocycles. The van der Waals surface area contributed by atoms with Crippen molar-refractivity contribution in [2.75, 3.05) is 5.75 Å². The molecule has 0 heterocycles. The Bertz CT molecular complexity index is 227. The summed E-state index contributed by atoms with van der Waals surface area (Å²) < 4.78 is 0. The predicted molar refractivity (Wildman–Crippen MR) is 88.5 cm³/mol. The summed E-state index contributed by atoms with van der Waals surface area (Å²) in [5.41, 5.74) is -0.0645. The molecule has 19 heavy (non-hydrogen) atoms. The van der Waals surface area contributed by atoms with E-state index in [9.17, 15) is 4.79 Å². The van der Waals surface area contributed by atoms with Crippen LogP contribution >= 0.6 is 21.6 Å². The molecule has 0 rings (SSSR count). The molecule has 1 atom stereocenters. The van der Waals surface area contributed by atoms with Crippen molar-refractivity contribution in [2.24, 2.45) is 16.7 Å². The number of hydrogen-bond acceptors (Lipinski definition) is 3. The molecule has 0 aliphatic heterocycles. The predicted octanol–water partition coefficient (Wildman–Crippen LogP) is 5.66. The first-order valence-corrected chi connectivity index (χ1v) is 8.85. The van der Waals surface area contributed by atoms with Gasteiger partial charge in [0.1, 0.15) is 5.78 Å². The second-order valence-electron chi connectivity index (χ2n) is 6.60. The van der Waals surface area contributed by atoms with Gasteiger partial charge in [-0.05, 0) is 11.2 Å². The molecular formula is C15H30OS2Y-2. The Morgan fingerprint density at radius 1 is 1.16 bits per heavy atom. The van der Waals surface area contributed by atoms with Crippen molar-refractivity contribution < 1.29 is 37.5 Å². The smallest absolute Gasteiger partial charge is 0.111 e. The van der Waals surface area contributed by atoms with Gasteiger partial charge in [-0.1, -0.05) is 54.9 Å². The van der Waals surface area contributed by atoms with Gasteiger partial charge in [-0.2, -0.15) is 0 Å². The number of hydrogen-bond donors (Lipinski definition) is 0. The molecule has 0 fully saturated rings. The summed E-state index contributed by atoms with van der Waals surface area (Å²) in [6.07, 6.45) is 4.42. The van der Waals surface area contributed by atoms with E-state index < -0.39 is 0 Å². The Morgan fingerprint density at radius 2 is 1.58 bits per heavy atom. The van der Waals surface area contributed by atoms with E-state index in [-0.39, 0.29) is 55.2 Å². The fourth-order valence-electron chi connectivity index (χ4n) is 1.53. The van der Waals surface area contributed by atoms with Gasteiger partial charge in [0.15, 0.2) is 0 Å². The number of carbonyl (C=O) groups is 1. The van der Waals surface area contributed by atoms with Gasteiger partial charge in [-0.15, -0.1) is 16.7 Å². The number of Topliss-reactive ketones (excluding diaryl/α,β-unsaturated/α-hetero) is 1. The third-order valence-corrected chi connectivity index (χ3v) is 3.78. The molecule has 1 nitrogen and oxygen atoms in total. The van der Waals surface area contributed by atoms with Crippen LogP contribution in [0.4, 0.5) is 0 Å². The molecule has 0 saturated carbocycles. The third kappa shape index (κ3) is 17.4. The first-order valence-electron chi connectivity index (χ1n) is 6.36. The van der Waals surface area contributed by atoms with E-state index in [1.165, 1.54) is 0 Å². The van der Waals surface area contributed by atoms with Gasteiger partial charge in [-0.3, -0.25) is 17.0 Å². The molecule has 0 saturated heterocycles. The molecule has 113 valence electrons. The second-order valence-corrected chi connectivity index (χ2v) is 9.06. The molecule has 0 aliphatic carbocycles. The Morgan fingerprint density at radius 3 is 1.74 bits per heavy atom. The van der Waals surface area contributed by atoms with Crippen LogP contribution in [0.2, 0.25) is 0 Å². The summed E-state index contributed by atoms with van der Waals surface area (Å²) in [5.74, 6) is 1.36. The van der Waals surface area contributed by atoms with E-state index in [0.29, 0.717) is 0 Å². The van der Waals surface area contributed by atoms with E-state index in [0.717, 1.165) is 12.2 Å². The number of ketones is 1. The average Bonchev–Trinajstić information content (AvgIpc) is 2.14. The zero-order chi connectivity index (χ0) is 15.0. The minimum Gasteiger partial charge on any atom is -0.333 e. The zero-order valence-corrected chi connectivity index (χ0v) is 18.2. The molecule has 1 radical (unpaired) electrons. The van der Waals surface area contributed by atoms with Crippen LogP contribution in [0.3, 0.4) is 0 Å². The van der Waals surface area contributed by atoms with E-state index in [1.54, 1.807) is 21.6 Å². The fraction of sp³-hybridized carbons (Fsp3) is 0.800. The topological polar surface area (TPSA) is 17.1 Å². The van der Waals surface area contributed by atoms with Crippen molar-refractivity contribution in [2.45, 2.75) is 54.9 Å². The summed E-state index contributed by atoms with van der Waals surface area (Å²) in [7, 11) is 3.34. The van der Waals surface area contributed by atoms with Gasteiger partial charge in [-0.25, -0.2) is 0 Å². The standard InChI is InChI=1S/C12H23O.C3H7S2.Y/c1-9(8-11(2,3)4)10(13)12(5,6)7;1-3-5-4-2;/h9H,1,8H2,2-7H3;2-3H2,1H3;/q2*-1;. The van der Waals surface area contributed by atoms with Crippen molar-refractivity contribution in [1.29, 1.82) is 0 Å². The molecule has 0 aromatic heterocycles. The first kappa shape index (κ1) is 25.4. The van der Waals surface area contributed by atoms with Gasteiger partial charge in [0.05, 0.1) is 0 Å². The van der Waals surface area contributed by atoms with Crippen LogP contribution < -0.4 is 0 Å². The largest absolute Gasteiger partial charge is 0.333 e. The fourth-order valence-corrected chi connectivity index (χ4v) is 2.19. The van der Waals surface area contributed by atoms with Gasteiger partial charge >= 0.3 is 0 Å². The van der Waals surface area contributed by atoms with Crippen LogP contribution in [0.1, 0.15) is 54.9 Å². The molecule has 0 amide bonds. The van der Waals surface area contributed by atoms with E-state index >= 15 is 0 Å². The summed E-state index contributed by atoms with van der Waals surface area (Å²) in [5, 5.41) is 0. The minimum atomic E-state index is -0.252. The van der Waals surface area contributed by atoms with Gasteiger partial charge in [0.25, 0.3) is 0 Å². The number of carbonyl (C=O) groups excluding carboxylic acids is 1. The van der Waals surface area contributed by atoms with Crippen LogP contribution in [0.25, 0.3) is 0 Å². The van der Waals surface area contributed by atoms with Gasteiger partial charge in [0, 0.05) is 38.1 Å². The summed E-state index contributed by atoms with van der Waals surface area (Å²) in [6, 6.07) is 0. The minimum absolute atomic E-state index is 0. The molecular weight excluding hydrogens is 349 g/mol. The monoisotopic (exact) mass is 379 g/mol. The molecule has 4 heteroatoms. The second kappa shape index (κ2) is 12.1. The summed E-state index contributed by atoms with van der Waals surface area (Å²) in [6.45, 7) is 18.3. The molecule has 0 bridgehead atoms. The van der Waals surface area contributed by atoms with Crippen molar-refractivity contribution in [3.8, 4) is 0 Å². The van der Waals surface area contributed by atoms with Crippen molar-refractivity contribution >= 4 is 27.4 Å². The van der Waals surface area contributed by atoms with Crippen LogP contribution in [0.15, 0.2) is 0 Å². The Labute approximate surface area is 154 Å². The van der Waals surface area contributed by atoms with Gasteiger partial charge in [0.2, 0.25) is 0 Å². The van der Waals surface area contributed by atoms with Crippen molar-refractivity contribution in [1.82, 2.24) is 0 Å². The third-order valence-electron chi connectivity index (χ3n) is 2.17. The maximum absolute atomic E-state index is 11.8. The van der Waals surface area contributed by atoms with Crippen LogP contribution in [0, 0.1) is 29.9 Å². The van der Waals surface area contributed by atoms with Gasteiger partial charge < -0.3 is 11.7 Å². The van der Waals surface area contributed by atoms with E-state index in [2.05, 4.69) is 40.9 Å². The quantitative estimate of drug-likeness (QED) is 0.463. The maximum atomic E-state index is 11.8. The number of rotatable bonds is 4. The van der Waals surface area contributed by atoms with Crippen molar-refractivity contribution in [3.05, 3.63) is 13.2 Å². The van der Waals surface area contributed by atoms with E-state index in [1.807, 2.05) is 20.8 Å². The molecule has 0 aromatic rings. The van der Waals surface area contributed by atoms with Crippen molar-refractivity contribution in [3.63, 3.8) is 0 Å². The van der Waals surface area contributed by atoms with Crippen LogP contribution in [-0.2, 0) is 37.5 Å². The van der Waals surface area contributed by atoms with Crippen LogP contribution in [0.5, 0.6) is 0 Å². The SMILES string of the molecule is [CH2-]C(CC(C)(C)C)C(=O)C(C)(C)C.[CH2-]SSCC.[Y]. The first-order chi connectivity index (χ1) is 7.95. The Kier molecular flexibility index (Phi) is 16.1. The Balaban J connectivity index is -0.000000366. The molecule has 1 unspecified atom stereocenters. The van der Waals surface area contributed by atoms with E-state index in [4.69, 9.17) is 0 Å². The summed E-state index contributed by atoms with van der Waals surface area (Å²) in [4.78, 5) is 11.8. The molecule has 0 spiro atoms. The Hall–Kier alpha value is 1.47. The summed E-state index contributed by atoms with van der Waals surface area (Å²) >= 11 is 0. The molecule has 0 aliphatic rings. The average molecular weight is 379 g/mol. The zero-order valence-electron chi connectivity index (χ0n) is 13.7. The maximum Gasteiger partial charge on any atom is 0.111 e.